The molecule has 2 N–H and O–H groups in total. The Hall–Kier alpha value is -3.55. The maximum absolute atomic E-state index is 12.4. The van der Waals surface area contributed by atoms with Crippen molar-refractivity contribution in [3.8, 4) is 17.4 Å². The summed E-state index contributed by atoms with van der Waals surface area (Å²) in [4.78, 5) is 27.2. The number of nitrogens with one attached hydrogen (secondary N) is 1. The summed E-state index contributed by atoms with van der Waals surface area (Å²) >= 11 is 0. The molecular weight excluding hydrogens is 364 g/mol. The van der Waals surface area contributed by atoms with Gasteiger partial charge in [-0.3, -0.25) is 4.79 Å². The van der Waals surface area contributed by atoms with Gasteiger partial charge >= 0.3 is 5.97 Å². The molecule has 0 bridgehead atoms. The topological polar surface area (TPSA) is 115 Å². The lowest BCUT2D eigenvalue weighted by Crippen LogP contribution is -2.28. The van der Waals surface area contributed by atoms with E-state index in [4.69, 9.17) is 18.7 Å². The molecule has 0 saturated carbocycles. The van der Waals surface area contributed by atoms with E-state index in [-0.39, 0.29) is 18.4 Å². The maximum atomic E-state index is 12.4. The van der Waals surface area contributed by atoms with Gasteiger partial charge in [0.2, 0.25) is 5.91 Å². The highest BCUT2D eigenvalue weighted by atomic mass is 16.5. The molecule has 3 aromatic rings. The van der Waals surface area contributed by atoms with Gasteiger partial charge in [-0.25, -0.2) is 9.78 Å². The molecule has 0 spiro atoms. The first-order valence-electron chi connectivity index (χ1n) is 8.66. The van der Waals surface area contributed by atoms with Gasteiger partial charge in [0, 0.05) is 0 Å². The van der Waals surface area contributed by atoms with Crippen molar-refractivity contribution in [1.82, 2.24) is 10.3 Å². The van der Waals surface area contributed by atoms with E-state index >= 15 is 0 Å². The molecule has 2 aromatic heterocycles. The fraction of sp³-hybridized carbons (Fsp3) is 0.250. The number of aryl methyl sites for hydroxylation is 1. The smallest absolute Gasteiger partial charge is 0.341 e. The number of carbonyl (C=O) groups is 2. The second-order valence-corrected chi connectivity index (χ2v) is 6.22. The van der Waals surface area contributed by atoms with E-state index in [1.165, 1.54) is 6.26 Å². The monoisotopic (exact) mass is 384 g/mol. The molecule has 0 fully saturated rings. The number of rotatable bonds is 8. The van der Waals surface area contributed by atoms with Crippen LogP contribution in [0.4, 0.5) is 0 Å². The molecule has 1 amide bonds. The van der Waals surface area contributed by atoms with Crippen LogP contribution in [-0.2, 0) is 16.0 Å². The third kappa shape index (κ3) is 4.79. The van der Waals surface area contributed by atoms with Crippen LogP contribution < -0.4 is 10.1 Å². The van der Waals surface area contributed by atoms with Gasteiger partial charge in [0.05, 0.1) is 24.4 Å². The lowest BCUT2D eigenvalue weighted by Gasteiger charge is -2.14. The third-order valence-electron chi connectivity index (χ3n) is 4.07. The van der Waals surface area contributed by atoms with Crippen molar-refractivity contribution in [3.05, 3.63) is 59.7 Å². The largest absolute Gasteiger partial charge is 0.482 e. The molecular formula is C20H20N2O6. The summed E-state index contributed by atoms with van der Waals surface area (Å²) in [6.07, 6.45) is 1.61. The normalized spacial score (nSPS) is 11.8. The second-order valence-electron chi connectivity index (χ2n) is 6.22. The van der Waals surface area contributed by atoms with E-state index in [0.29, 0.717) is 28.9 Å². The minimum Gasteiger partial charge on any atom is -0.482 e. The average Bonchev–Trinajstić information content (AvgIpc) is 3.30. The molecule has 3 rings (SSSR count). The molecule has 2 heterocycles. The molecule has 8 heteroatoms. The number of aliphatic carboxylic acids is 1. The Balaban J connectivity index is 1.58. The fourth-order valence-electron chi connectivity index (χ4n) is 2.62. The highest BCUT2D eigenvalue weighted by molar-refractivity contribution is 5.79. The van der Waals surface area contributed by atoms with Crippen molar-refractivity contribution < 1.29 is 28.3 Å². The summed E-state index contributed by atoms with van der Waals surface area (Å²) in [6.45, 7) is 3.21. The number of benzene rings is 1. The molecule has 0 aliphatic carbocycles. The van der Waals surface area contributed by atoms with Crippen molar-refractivity contribution in [2.24, 2.45) is 0 Å². The Morgan fingerprint density at radius 1 is 1.25 bits per heavy atom. The number of carbonyl (C=O) groups excluding carboxylic acids is 1. The molecule has 0 radical (unpaired) electrons. The zero-order chi connectivity index (χ0) is 20.1. The van der Waals surface area contributed by atoms with Crippen LogP contribution in [0.5, 0.6) is 5.75 Å². The van der Waals surface area contributed by atoms with Crippen molar-refractivity contribution in [3.63, 3.8) is 0 Å². The van der Waals surface area contributed by atoms with Gasteiger partial charge < -0.3 is 24.0 Å². The van der Waals surface area contributed by atoms with E-state index in [9.17, 15) is 9.59 Å². The summed E-state index contributed by atoms with van der Waals surface area (Å²) in [5.74, 6) is 0.635. The van der Waals surface area contributed by atoms with E-state index in [1.807, 2.05) is 6.92 Å². The minimum atomic E-state index is -1.04. The van der Waals surface area contributed by atoms with Gasteiger partial charge in [0.1, 0.15) is 11.5 Å². The first-order chi connectivity index (χ1) is 13.4. The number of oxazole rings is 1. The number of aromatic nitrogens is 1. The molecule has 146 valence electrons. The summed E-state index contributed by atoms with van der Waals surface area (Å²) < 4.78 is 15.9. The standard InChI is InChI=1S/C20H20N2O6/c1-12(14-5-7-15(8-6-14)27-11-19(24)25)21-18(23)10-16-13(2)28-20(22-16)17-4-3-9-26-17/h3-9,12H,10-11H2,1-2H3,(H,21,23)(H,24,25). The lowest BCUT2D eigenvalue weighted by atomic mass is 10.1. The Labute approximate surface area is 161 Å². The first kappa shape index (κ1) is 19.2. The number of nitrogens with zero attached hydrogens (tertiary/aromatic N) is 1. The molecule has 1 aromatic carbocycles. The summed E-state index contributed by atoms with van der Waals surface area (Å²) in [7, 11) is 0. The van der Waals surface area contributed by atoms with Crippen molar-refractivity contribution in [1.29, 1.82) is 0 Å². The summed E-state index contributed by atoms with van der Waals surface area (Å²) in [5, 5.41) is 11.5. The molecule has 0 aliphatic rings. The first-order valence-corrected chi connectivity index (χ1v) is 8.66. The molecule has 8 nitrogen and oxygen atoms in total. The number of carboxylic acids is 1. The van der Waals surface area contributed by atoms with Crippen molar-refractivity contribution in [2.75, 3.05) is 6.61 Å². The van der Waals surface area contributed by atoms with Gasteiger partial charge in [0.25, 0.3) is 5.89 Å². The van der Waals surface area contributed by atoms with Crippen molar-refractivity contribution >= 4 is 11.9 Å². The Bertz CT molecular complexity index is 944. The van der Waals surface area contributed by atoms with E-state index < -0.39 is 12.6 Å². The third-order valence-corrected chi connectivity index (χ3v) is 4.07. The van der Waals surface area contributed by atoms with Crippen molar-refractivity contribution in [2.45, 2.75) is 26.3 Å². The zero-order valence-corrected chi connectivity index (χ0v) is 15.5. The molecule has 0 saturated heterocycles. The minimum absolute atomic E-state index is 0.0835. The number of hydrogen-bond acceptors (Lipinski definition) is 6. The maximum Gasteiger partial charge on any atom is 0.341 e. The van der Waals surface area contributed by atoms with Gasteiger partial charge in [-0.1, -0.05) is 12.1 Å². The average molecular weight is 384 g/mol. The summed E-state index contributed by atoms with van der Waals surface area (Å²) in [5.41, 5.74) is 1.41. The van der Waals surface area contributed by atoms with Crippen LogP contribution in [0, 0.1) is 6.92 Å². The van der Waals surface area contributed by atoms with Crippen LogP contribution in [-0.4, -0.2) is 28.6 Å². The quantitative estimate of drug-likeness (QED) is 0.613. The van der Waals surface area contributed by atoms with E-state index in [0.717, 1.165) is 5.56 Å². The van der Waals surface area contributed by atoms with Gasteiger partial charge in [-0.05, 0) is 43.7 Å². The summed E-state index contributed by atoms with van der Waals surface area (Å²) in [6, 6.07) is 10.1. The highest BCUT2D eigenvalue weighted by Gasteiger charge is 2.17. The van der Waals surface area contributed by atoms with Gasteiger partial charge in [-0.2, -0.15) is 0 Å². The van der Waals surface area contributed by atoms with Gasteiger partial charge in [0.15, 0.2) is 12.4 Å². The fourth-order valence-corrected chi connectivity index (χ4v) is 2.62. The SMILES string of the molecule is Cc1oc(-c2ccco2)nc1CC(=O)NC(C)c1ccc(OCC(=O)O)cc1. The number of hydrogen-bond donors (Lipinski definition) is 2. The Kier molecular flexibility index (Phi) is 5.78. The number of amides is 1. The van der Waals surface area contributed by atoms with E-state index in [2.05, 4.69) is 10.3 Å². The number of carboxylic acid groups (broad SMARTS) is 1. The molecule has 1 atom stereocenters. The second kappa shape index (κ2) is 8.43. The van der Waals surface area contributed by atoms with Crippen LogP contribution in [0.25, 0.3) is 11.7 Å². The van der Waals surface area contributed by atoms with Crippen LogP contribution in [0.15, 0.2) is 51.5 Å². The highest BCUT2D eigenvalue weighted by Crippen LogP contribution is 2.23. The number of furan rings is 1. The lowest BCUT2D eigenvalue weighted by molar-refractivity contribution is -0.139. The molecule has 1 unspecified atom stereocenters. The zero-order valence-electron chi connectivity index (χ0n) is 15.5. The van der Waals surface area contributed by atoms with Crippen LogP contribution in [0.2, 0.25) is 0 Å². The number of ether oxygens (including phenoxy) is 1. The van der Waals surface area contributed by atoms with E-state index in [1.54, 1.807) is 43.3 Å². The van der Waals surface area contributed by atoms with Crippen LogP contribution in [0.3, 0.4) is 0 Å². The van der Waals surface area contributed by atoms with Crippen LogP contribution in [0.1, 0.15) is 30.0 Å². The van der Waals surface area contributed by atoms with Gasteiger partial charge in [-0.15, -0.1) is 0 Å². The molecule has 28 heavy (non-hydrogen) atoms. The molecule has 0 aliphatic heterocycles. The Morgan fingerprint density at radius 3 is 2.64 bits per heavy atom. The Morgan fingerprint density at radius 2 is 2.00 bits per heavy atom. The predicted octanol–water partition coefficient (Wildman–Crippen LogP) is 3.13. The van der Waals surface area contributed by atoms with Crippen LogP contribution >= 0.6 is 0 Å². The predicted molar refractivity (Wildman–Crippen MR) is 98.8 cm³/mol.